The summed E-state index contributed by atoms with van der Waals surface area (Å²) in [5, 5.41) is 25.4. The van der Waals surface area contributed by atoms with Crippen molar-refractivity contribution in [3.05, 3.63) is 53.5 Å². The highest BCUT2D eigenvalue weighted by molar-refractivity contribution is 5.82. The zero-order valence-electron chi connectivity index (χ0n) is 13.5. The number of carbonyl (C=O) groups is 1. The minimum Gasteiger partial charge on any atom is -0.396 e. The molecule has 1 aliphatic heterocycles. The van der Waals surface area contributed by atoms with Crippen LogP contribution in [0.5, 0.6) is 0 Å². The van der Waals surface area contributed by atoms with Crippen LogP contribution in [0, 0.1) is 17.2 Å². The number of hydrogen-bond donors (Lipinski definition) is 3. The molecule has 2 aromatic rings. The second-order valence-electron chi connectivity index (χ2n) is 5.83. The van der Waals surface area contributed by atoms with Crippen molar-refractivity contribution in [2.45, 2.75) is 18.9 Å². The molecule has 0 radical (unpaired) electrons. The molecule has 0 saturated heterocycles. The first-order chi connectivity index (χ1) is 12.0. The van der Waals surface area contributed by atoms with E-state index >= 15 is 0 Å². The molecule has 0 spiro atoms. The standard InChI is InChI=1S/C17H18N6O2/c1-10-14(16(19)25)15(12-6-4-11(9-18)5-7-12)23-17(20-10)21-13(22-23)3-2-8-24/h4-7,14-15,24H,1-3,8H2,(H2,19,25)(H,20,21,22)/t14-,15+/m1/s1. The molecule has 1 amide bonds. The first kappa shape index (κ1) is 16.7. The third-order valence-electron chi connectivity index (χ3n) is 4.15. The molecule has 4 N–H and O–H groups in total. The molecule has 128 valence electrons. The van der Waals surface area contributed by atoms with E-state index in [2.05, 4.69) is 28.0 Å². The lowest BCUT2D eigenvalue weighted by molar-refractivity contribution is -0.121. The van der Waals surface area contributed by atoms with Crippen molar-refractivity contribution in [3.8, 4) is 6.07 Å². The van der Waals surface area contributed by atoms with E-state index in [1.807, 2.05) is 0 Å². The predicted octanol–water partition coefficient (Wildman–Crippen LogP) is 0.705. The fourth-order valence-electron chi connectivity index (χ4n) is 2.96. The summed E-state index contributed by atoms with van der Waals surface area (Å²) in [6.07, 6.45) is 1.07. The Morgan fingerprint density at radius 3 is 2.76 bits per heavy atom. The molecular weight excluding hydrogens is 320 g/mol. The van der Waals surface area contributed by atoms with Crippen molar-refractivity contribution in [2.75, 3.05) is 11.9 Å². The molecule has 0 unspecified atom stereocenters. The predicted molar refractivity (Wildman–Crippen MR) is 90.2 cm³/mol. The van der Waals surface area contributed by atoms with Crippen LogP contribution in [0.1, 0.15) is 29.4 Å². The van der Waals surface area contributed by atoms with E-state index in [1.54, 1.807) is 28.9 Å². The number of amides is 1. The van der Waals surface area contributed by atoms with Gasteiger partial charge < -0.3 is 16.2 Å². The lowest BCUT2D eigenvalue weighted by Crippen LogP contribution is -2.40. The molecule has 8 nitrogen and oxygen atoms in total. The van der Waals surface area contributed by atoms with Crippen LogP contribution < -0.4 is 11.1 Å². The monoisotopic (exact) mass is 338 g/mol. The van der Waals surface area contributed by atoms with Gasteiger partial charge in [0.05, 0.1) is 17.7 Å². The number of nitriles is 1. The summed E-state index contributed by atoms with van der Waals surface area (Å²) in [5.74, 6) is -0.185. The Bertz CT molecular complexity index is 849. The SMILES string of the molecule is C=C1Nc2nc(CCCO)nn2[C@@H](c2ccc(C#N)cc2)[C@@H]1C(N)=O. The van der Waals surface area contributed by atoms with Gasteiger partial charge in [0, 0.05) is 18.7 Å². The van der Waals surface area contributed by atoms with Crippen molar-refractivity contribution in [1.82, 2.24) is 14.8 Å². The Morgan fingerprint density at radius 1 is 1.44 bits per heavy atom. The van der Waals surface area contributed by atoms with Crippen LogP contribution in [0.3, 0.4) is 0 Å². The molecule has 25 heavy (non-hydrogen) atoms. The maximum absolute atomic E-state index is 12.0. The molecular formula is C17H18N6O2. The molecule has 1 aliphatic rings. The fraction of sp³-hybridized carbons (Fsp3) is 0.294. The number of aromatic nitrogens is 3. The maximum Gasteiger partial charge on any atom is 0.229 e. The summed E-state index contributed by atoms with van der Waals surface area (Å²) in [7, 11) is 0. The van der Waals surface area contributed by atoms with Gasteiger partial charge in [-0.15, -0.1) is 0 Å². The van der Waals surface area contributed by atoms with E-state index in [4.69, 9.17) is 16.1 Å². The summed E-state index contributed by atoms with van der Waals surface area (Å²) < 4.78 is 1.62. The van der Waals surface area contributed by atoms with E-state index in [0.29, 0.717) is 35.9 Å². The van der Waals surface area contributed by atoms with Gasteiger partial charge in [0.2, 0.25) is 11.9 Å². The summed E-state index contributed by atoms with van der Waals surface area (Å²) in [5.41, 5.74) is 7.36. The lowest BCUT2D eigenvalue weighted by Gasteiger charge is -2.32. The Balaban J connectivity index is 2.07. The van der Waals surface area contributed by atoms with Gasteiger partial charge >= 0.3 is 0 Å². The quantitative estimate of drug-likeness (QED) is 0.736. The zero-order valence-corrected chi connectivity index (χ0v) is 13.5. The number of anilines is 1. The van der Waals surface area contributed by atoms with Gasteiger partial charge in [0.1, 0.15) is 5.92 Å². The number of carbonyl (C=O) groups excluding carboxylic acids is 1. The number of nitrogens with one attached hydrogen (secondary N) is 1. The van der Waals surface area contributed by atoms with Crippen molar-refractivity contribution in [3.63, 3.8) is 0 Å². The molecule has 2 atom stereocenters. The summed E-state index contributed by atoms with van der Waals surface area (Å²) in [6.45, 7) is 3.96. The Kier molecular flexibility index (Phi) is 4.50. The number of fused-ring (bicyclic) bond motifs is 1. The van der Waals surface area contributed by atoms with Gasteiger partial charge in [-0.3, -0.25) is 4.79 Å². The topological polar surface area (TPSA) is 130 Å². The van der Waals surface area contributed by atoms with Gasteiger partial charge in [-0.1, -0.05) is 18.7 Å². The van der Waals surface area contributed by atoms with E-state index in [-0.39, 0.29) is 6.61 Å². The van der Waals surface area contributed by atoms with Gasteiger partial charge in [-0.05, 0) is 24.1 Å². The Morgan fingerprint density at radius 2 is 2.16 bits per heavy atom. The number of rotatable bonds is 5. The number of aryl methyl sites for hydroxylation is 1. The minimum absolute atomic E-state index is 0.0486. The van der Waals surface area contributed by atoms with Crippen LogP contribution in [-0.4, -0.2) is 32.4 Å². The fourth-order valence-corrected chi connectivity index (χ4v) is 2.96. The highest BCUT2D eigenvalue weighted by Gasteiger charge is 2.38. The number of hydrogen-bond acceptors (Lipinski definition) is 6. The molecule has 1 aromatic heterocycles. The highest BCUT2D eigenvalue weighted by atomic mass is 16.3. The lowest BCUT2D eigenvalue weighted by atomic mass is 9.88. The van der Waals surface area contributed by atoms with Crippen LogP contribution in [0.2, 0.25) is 0 Å². The Hall–Kier alpha value is -3.18. The molecule has 1 aromatic carbocycles. The van der Waals surface area contributed by atoms with Gasteiger partial charge in [-0.25, -0.2) is 4.68 Å². The molecule has 0 saturated carbocycles. The Labute approximate surface area is 144 Å². The third-order valence-corrected chi connectivity index (χ3v) is 4.15. The first-order valence-electron chi connectivity index (χ1n) is 7.86. The normalized spacial score (nSPS) is 19.0. The van der Waals surface area contributed by atoms with Crippen molar-refractivity contribution >= 4 is 11.9 Å². The largest absolute Gasteiger partial charge is 0.396 e. The van der Waals surface area contributed by atoms with Crippen LogP contribution in [0.4, 0.5) is 5.95 Å². The van der Waals surface area contributed by atoms with Crippen molar-refractivity contribution in [2.24, 2.45) is 11.7 Å². The first-order valence-corrected chi connectivity index (χ1v) is 7.86. The highest BCUT2D eigenvalue weighted by Crippen LogP contribution is 2.37. The molecule has 3 rings (SSSR count). The zero-order chi connectivity index (χ0) is 18.0. The molecule has 8 heteroatoms. The molecule has 2 heterocycles. The molecule has 0 aliphatic carbocycles. The summed E-state index contributed by atoms with van der Waals surface area (Å²) in [4.78, 5) is 16.4. The minimum atomic E-state index is -0.701. The number of primary amides is 1. The number of nitrogens with two attached hydrogens (primary N) is 1. The van der Waals surface area contributed by atoms with E-state index in [0.717, 1.165) is 5.56 Å². The van der Waals surface area contributed by atoms with Crippen molar-refractivity contribution < 1.29 is 9.90 Å². The van der Waals surface area contributed by atoms with Crippen LogP contribution in [0.15, 0.2) is 36.5 Å². The maximum atomic E-state index is 12.0. The molecule has 0 fully saturated rings. The summed E-state index contributed by atoms with van der Waals surface area (Å²) in [6, 6.07) is 8.48. The second-order valence-corrected chi connectivity index (χ2v) is 5.83. The van der Waals surface area contributed by atoms with Gasteiger partial charge in [0.25, 0.3) is 0 Å². The number of aliphatic hydroxyl groups is 1. The number of aliphatic hydroxyl groups excluding tert-OH is 1. The second kappa shape index (κ2) is 6.75. The van der Waals surface area contributed by atoms with Crippen molar-refractivity contribution in [1.29, 1.82) is 5.26 Å². The third kappa shape index (κ3) is 3.09. The number of nitrogens with zero attached hydrogens (tertiary/aromatic N) is 4. The van der Waals surface area contributed by atoms with Gasteiger partial charge in [0.15, 0.2) is 5.82 Å². The average molecular weight is 338 g/mol. The van der Waals surface area contributed by atoms with E-state index < -0.39 is 17.9 Å². The summed E-state index contributed by atoms with van der Waals surface area (Å²) >= 11 is 0. The van der Waals surface area contributed by atoms with Crippen LogP contribution in [0.25, 0.3) is 0 Å². The van der Waals surface area contributed by atoms with Gasteiger partial charge in [-0.2, -0.15) is 15.3 Å². The molecule has 0 bridgehead atoms. The smallest absolute Gasteiger partial charge is 0.229 e. The van der Waals surface area contributed by atoms with E-state index in [1.165, 1.54) is 0 Å². The number of benzene rings is 1. The average Bonchev–Trinajstić information content (AvgIpc) is 3.00. The van der Waals surface area contributed by atoms with E-state index in [9.17, 15) is 4.79 Å². The van der Waals surface area contributed by atoms with Crippen LogP contribution >= 0.6 is 0 Å². The van der Waals surface area contributed by atoms with Crippen LogP contribution in [-0.2, 0) is 11.2 Å².